The van der Waals surface area contributed by atoms with E-state index in [9.17, 15) is 24.6 Å². The zero-order valence-corrected chi connectivity index (χ0v) is 16.5. The minimum absolute atomic E-state index is 0.0514. The Hall–Kier alpha value is -4.22. The first-order valence-corrected chi connectivity index (χ1v) is 9.14. The Morgan fingerprint density at radius 2 is 1.84 bits per heavy atom. The van der Waals surface area contributed by atoms with Crippen molar-refractivity contribution in [3.05, 3.63) is 98.8 Å². The van der Waals surface area contributed by atoms with Crippen LogP contribution in [0.3, 0.4) is 0 Å². The Labute approximate surface area is 181 Å². The van der Waals surface area contributed by atoms with Crippen LogP contribution in [0.15, 0.2) is 72.3 Å². The lowest BCUT2D eigenvalue weighted by atomic mass is 10.1. The second-order valence-electron chi connectivity index (χ2n) is 6.15. The molecule has 0 fully saturated rings. The molecule has 0 unspecified atom stereocenters. The first-order chi connectivity index (χ1) is 14.9. The second-order valence-corrected chi connectivity index (χ2v) is 6.55. The zero-order valence-electron chi connectivity index (χ0n) is 15.7. The third kappa shape index (κ3) is 5.44. The molecule has 0 atom stereocenters. The van der Waals surface area contributed by atoms with Crippen molar-refractivity contribution in [1.29, 1.82) is 5.26 Å². The highest BCUT2D eigenvalue weighted by atomic mass is 35.5. The van der Waals surface area contributed by atoms with E-state index in [1.165, 1.54) is 36.4 Å². The Morgan fingerprint density at radius 3 is 2.48 bits per heavy atom. The molecule has 3 rings (SSSR count). The third-order valence-corrected chi connectivity index (χ3v) is 4.33. The van der Waals surface area contributed by atoms with E-state index in [4.69, 9.17) is 16.3 Å². The number of ether oxygens (including phenoxy) is 1. The molecule has 0 saturated heterocycles. The quantitative estimate of drug-likeness (QED) is 0.229. The van der Waals surface area contributed by atoms with Crippen molar-refractivity contribution in [2.24, 2.45) is 0 Å². The number of para-hydroxylation sites is 1. The molecule has 154 valence electrons. The molecule has 7 nitrogen and oxygen atoms in total. The van der Waals surface area contributed by atoms with Crippen LogP contribution in [0.1, 0.15) is 5.56 Å². The normalized spacial score (nSPS) is 10.8. The number of hydrogen-bond acceptors (Lipinski definition) is 5. The number of carbonyl (C=O) groups is 1. The summed E-state index contributed by atoms with van der Waals surface area (Å²) in [6, 6.07) is 17.2. The van der Waals surface area contributed by atoms with Gasteiger partial charge in [-0.3, -0.25) is 14.9 Å². The number of carbonyl (C=O) groups excluding carboxylic acids is 1. The van der Waals surface area contributed by atoms with Crippen LogP contribution in [0, 0.1) is 27.3 Å². The van der Waals surface area contributed by atoms with Crippen molar-refractivity contribution in [2.75, 3.05) is 5.32 Å². The number of nitriles is 1. The lowest BCUT2D eigenvalue weighted by Crippen LogP contribution is -2.13. The smallest absolute Gasteiger partial charge is 0.312 e. The summed E-state index contributed by atoms with van der Waals surface area (Å²) in [5, 5.41) is 23.6. The number of hydrogen-bond donors (Lipinski definition) is 1. The van der Waals surface area contributed by atoms with Crippen LogP contribution in [0.5, 0.6) is 11.5 Å². The average molecular weight is 438 g/mol. The summed E-state index contributed by atoms with van der Waals surface area (Å²) < 4.78 is 18.5. The van der Waals surface area contributed by atoms with E-state index in [1.807, 2.05) is 0 Å². The maximum Gasteiger partial charge on any atom is 0.312 e. The van der Waals surface area contributed by atoms with Gasteiger partial charge in [0, 0.05) is 11.8 Å². The summed E-state index contributed by atoms with van der Waals surface area (Å²) in [6.07, 6.45) is 1.20. The Bertz CT molecular complexity index is 1220. The molecule has 1 amide bonds. The van der Waals surface area contributed by atoms with Gasteiger partial charge in [-0.2, -0.15) is 5.26 Å². The van der Waals surface area contributed by atoms with Crippen molar-refractivity contribution < 1.29 is 18.8 Å². The number of nitro groups is 1. The monoisotopic (exact) mass is 437 g/mol. The first kappa shape index (κ1) is 21.5. The van der Waals surface area contributed by atoms with Gasteiger partial charge >= 0.3 is 5.69 Å². The van der Waals surface area contributed by atoms with Crippen LogP contribution in [0.4, 0.5) is 15.8 Å². The second kappa shape index (κ2) is 9.52. The van der Waals surface area contributed by atoms with Gasteiger partial charge in [-0.05, 0) is 54.1 Å². The summed E-state index contributed by atoms with van der Waals surface area (Å²) in [6.45, 7) is 0. The molecule has 0 aliphatic heterocycles. The van der Waals surface area contributed by atoms with Gasteiger partial charge in [0.15, 0.2) is 0 Å². The Morgan fingerprint density at radius 1 is 1.13 bits per heavy atom. The fraction of sp³-hybridized carbons (Fsp3) is 0. The molecule has 0 radical (unpaired) electrons. The van der Waals surface area contributed by atoms with Gasteiger partial charge in [-0.25, -0.2) is 4.39 Å². The molecule has 0 spiro atoms. The number of nitro benzene ring substituents is 1. The van der Waals surface area contributed by atoms with Crippen molar-refractivity contribution in [1.82, 2.24) is 0 Å². The molecule has 9 heteroatoms. The van der Waals surface area contributed by atoms with E-state index in [0.29, 0.717) is 5.69 Å². The summed E-state index contributed by atoms with van der Waals surface area (Å²) in [5.41, 5.74) is -0.130. The van der Waals surface area contributed by atoms with Gasteiger partial charge < -0.3 is 10.1 Å². The molecule has 3 aromatic carbocycles. The van der Waals surface area contributed by atoms with Crippen LogP contribution in [0.25, 0.3) is 6.08 Å². The minimum Gasteiger partial charge on any atom is -0.449 e. The van der Waals surface area contributed by atoms with E-state index < -0.39 is 16.6 Å². The highest BCUT2D eigenvalue weighted by molar-refractivity contribution is 6.32. The van der Waals surface area contributed by atoms with Crippen molar-refractivity contribution in [2.45, 2.75) is 0 Å². The molecule has 1 N–H and O–H groups in total. The van der Waals surface area contributed by atoms with E-state index >= 15 is 0 Å². The molecule has 31 heavy (non-hydrogen) atoms. The zero-order chi connectivity index (χ0) is 22.4. The van der Waals surface area contributed by atoms with Gasteiger partial charge in [0.2, 0.25) is 5.75 Å². The number of amides is 1. The summed E-state index contributed by atoms with van der Waals surface area (Å²) in [4.78, 5) is 23.2. The molecular formula is C22H13ClFN3O4. The van der Waals surface area contributed by atoms with Gasteiger partial charge in [-0.15, -0.1) is 0 Å². The maximum absolute atomic E-state index is 13.0. The Kier molecular flexibility index (Phi) is 6.60. The summed E-state index contributed by atoms with van der Waals surface area (Å²) in [5.74, 6) is -1.02. The molecule has 0 aliphatic carbocycles. The first-order valence-electron chi connectivity index (χ1n) is 8.77. The fourth-order valence-corrected chi connectivity index (χ4v) is 2.72. The van der Waals surface area contributed by atoms with E-state index in [1.54, 1.807) is 30.3 Å². The lowest BCUT2D eigenvalue weighted by molar-refractivity contribution is -0.385. The highest BCUT2D eigenvalue weighted by Crippen LogP contribution is 2.35. The molecule has 0 saturated carbocycles. The lowest BCUT2D eigenvalue weighted by Gasteiger charge is -2.08. The van der Waals surface area contributed by atoms with Gasteiger partial charge in [0.25, 0.3) is 5.91 Å². The maximum atomic E-state index is 13.0. The van der Waals surface area contributed by atoms with E-state index in [-0.39, 0.29) is 33.3 Å². The third-order valence-electron chi connectivity index (χ3n) is 4.01. The number of anilines is 1. The predicted octanol–water partition coefficient (Wildman–Crippen LogP) is 5.73. The predicted molar refractivity (Wildman–Crippen MR) is 113 cm³/mol. The van der Waals surface area contributed by atoms with Crippen LogP contribution < -0.4 is 10.1 Å². The average Bonchev–Trinajstić information content (AvgIpc) is 2.75. The SMILES string of the molecule is N#C/C(=C\c1ccc(Oc2ccccc2Cl)c([N+](=O)[O-])c1)C(=O)Nc1ccc(F)cc1. The number of halogens is 2. The van der Waals surface area contributed by atoms with Gasteiger partial charge in [0.05, 0.1) is 9.95 Å². The van der Waals surface area contributed by atoms with E-state index in [0.717, 1.165) is 12.1 Å². The summed E-state index contributed by atoms with van der Waals surface area (Å²) in [7, 11) is 0. The minimum atomic E-state index is -0.742. The molecule has 0 aromatic heterocycles. The summed E-state index contributed by atoms with van der Waals surface area (Å²) >= 11 is 6.03. The topological polar surface area (TPSA) is 105 Å². The number of benzene rings is 3. The number of rotatable bonds is 6. The fourth-order valence-electron chi connectivity index (χ4n) is 2.55. The van der Waals surface area contributed by atoms with Crippen LogP contribution in [0.2, 0.25) is 5.02 Å². The van der Waals surface area contributed by atoms with Crippen molar-refractivity contribution >= 4 is 35.0 Å². The van der Waals surface area contributed by atoms with E-state index in [2.05, 4.69) is 5.32 Å². The van der Waals surface area contributed by atoms with Crippen LogP contribution in [-0.4, -0.2) is 10.8 Å². The highest BCUT2D eigenvalue weighted by Gasteiger charge is 2.18. The molecule has 0 aliphatic rings. The van der Waals surface area contributed by atoms with Gasteiger partial charge in [0.1, 0.15) is 23.2 Å². The molecule has 3 aromatic rings. The molecular weight excluding hydrogens is 425 g/mol. The number of nitrogens with zero attached hydrogens (tertiary/aromatic N) is 2. The Balaban J connectivity index is 1.88. The number of nitrogens with one attached hydrogen (secondary N) is 1. The van der Waals surface area contributed by atoms with Crippen molar-refractivity contribution in [3.63, 3.8) is 0 Å². The molecule has 0 bridgehead atoms. The largest absolute Gasteiger partial charge is 0.449 e. The standard InChI is InChI=1S/C22H13ClFN3O4/c23-18-3-1-2-4-20(18)31-21-10-5-14(12-19(21)27(29)30)11-15(13-25)22(28)26-17-8-6-16(24)7-9-17/h1-12H,(H,26,28)/b15-11+. The van der Waals surface area contributed by atoms with Crippen LogP contribution >= 0.6 is 11.6 Å². The van der Waals surface area contributed by atoms with Gasteiger partial charge in [-0.1, -0.05) is 29.8 Å². The van der Waals surface area contributed by atoms with Crippen molar-refractivity contribution in [3.8, 4) is 17.6 Å². The molecule has 0 heterocycles. The van der Waals surface area contributed by atoms with Crippen LogP contribution in [-0.2, 0) is 4.79 Å².